The molecule has 0 saturated carbocycles. The number of fused-ring (bicyclic) bond motifs is 1. The third kappa shape index (κ3) is 3.86. The Morgan fingerprint density at radius 3 is 2.61 bits per heavy atom. The number of carbonyl (C=O) groups is 1. The molecule has 4 rings (SSSR count). The van der Waals surface area contributed by atoms with E-state index in [2.05, 4.69) is 28.2 Å². The summed E-state index contributed by atoms with van der Waals surface area (Å²) >= 11 is 1.76. The van der Waals surface area contributed by atoms with Crippen molar-refractivity contribution in [1.82, 2.24) is 24.6 Å². The van der Waals surface area contributed by atoms with Gasteiger partial charge >= 0.3 is 0 Å². The maximum Gasteiger partial charge on any atom is 0.246 e. The first kappa shape index (κ1) is 18.8. The molecule has 0 bridgehead atoms. The summed E-state index contributed by atoms with van der Waals surface area (Å²) in [5.74, 6) is 0.0716. The Kier molecular flexibility index (Phi) is 5.28. The SMILES string of the molecule is Cc1nn(C)c(C)c1/C=C/C(=O)N1CCN(Cc2nc3ccccc3s2)CC1. The molecule has 3 aromatic rings. The van der Waals surface area contributed by atoms with Crippen molar-refractivity contribution in [1.29, 1.82) is 0 Å². The molecular weight excluding hydrogens is 370 g/mol. The summed E-state index contributed by atoms with van der Waals surface area (Å²) in [6.07, 6.45) is 3.58. The first-order chi connectivity index (χ1) is 13.5. The number of nitrogens with zero attached hydrogens (tertiary/aromatic N) is 5. The first-order valence-electron chi connectivity index (χ1n) is 9.55. The lowest BCUT2D eigenvalue weighted by molar-refractivity contribution is -0.127. The molecule has 0 N–H and O–H groups in total. The highest BCUT2D eigenvalue weighted by molar-refractivity contribution is 7.18. The van der Waals surface area contributed by atoms with Gasteiger partial charge in [0.25, 0.3) is 0 Å². The Bertz CT molecular complexity index is 994. The summed E-state index contributed by atoms with van der Waals surface area (Å²) in [7, 11) is 1.92. The quantitative estimate of drug-likeness (QED) is 0.637. The lowest BCUT2D eigenvalue weighted by Gasteiger charge is -2.33. The molecule has 3 heterocycles. The summed E-state index contributed by atoms with van der Waals surface area (Å²) in [6, 6.07) is 8.25. The van der Waals surface area contributed by atoms with Crippen molar-refractivity contribution in [3.05, 3.63) is 52.3 Å². The third-order valence-corrected chi connectivity index (χ3v) is 6.36. The topological polar surface area (TPSA) is 54.3 Å². The third-order valence-electron chi connectivity index (χ3n) is 5.34. The number of aromatic nitrogens is 3. The smallest absolute Gasteiger partial charge is 0.246 e. The molecular formula is C21H25N5OS. The van der Waals surface area contributed by atoms with E-state index in [4.69, 9.17) is 4.98 Å². The molecule has 1 aliphatic heterocycles. The predicted molar refractivity (Wildman–Crippen MR) is 113 cm³/mol. The molecule has 0 unspecified atom stereocenters. The Morgan fingerprint density at radius 1 is 1.18 bits per heavy atom. The summed E-state index contributed by atoms with van der Waals surface area (Å²) in [4.78, 5) is 21.6. The van der Waals surface area contributed by atoms with E-state index in [0.717, 1.165) is 60.2 Å². The fraction of sp³-hybridized carbons (Fsp3) is 0.381. The normalized spacial score (nSPS) is 15.8. The average Bonchev–Trinajstić information content (AvgIpc) is 3.20. The van der Waals surface area contributed by atoms with Gasteiger partial charge in [0.1, 0.15) is 5.01 Å². The largest absolute Gasteiger partial charge is 0.337 e. The van der Waals surface area contributed by atoms with E-state index in [0.29, 0.717) is 0 Å². The van der Waals surface area contributed by atoms with Gasteiger partial charge in [-0.05, 0) is 32.1 Å². The van der Waals surface area contributed by atoms with Crippen LogP contribution in [0.25, 0.3) is 16.3 Å². The van der Waals surface area contributed by atoms with Crippen molar-refractivity contribution in [2.45, 2.75) is 20.4 Å². The summed E-state index contributed by atoms with van der Waals surface area (Å²) in [6.45, 7) is 8.09. The number of hydrogen-bond donors (Lipinski definition) is 0. The Labute approximate surface area is 169 Å². The van der Waals surface area contributed by atoms with Crippen molar-refractivity contribution >= 4 is 33.5 Å². The van der Waals surface area contributed by atoms with Crippen LogP contribution in [0.4, 0.5) is 0 Å². The molecule has 2 aromatic heterocycles. The second-order valence-corrected chi connectivity index (χ2v) is 8.33. The van der Waals surface area contributed by atoms with Crippen LogP contribution < -0.4 is 0 Å². The van der Waals surface area contributed by atoms with Gasteiger partial charge in [0.2, 0.25) is 5.91 Å². The number of carbonyl (C=O) groups excluding carboxylic acids is 1. The van der Waals surface area contributed by atoms with Crippen LogP contribution in [0.2, 0.25) is 0 Å². The molecule has 1 amide bonds. The van der Waals surface area contributed by atoms with E-state index in [1.165, 1.54) is 4.70 Å². The van der Waals surface area contributed by atoms with E-state index in [9.17, 15) is 4.79 Å². The maximum atomic E-state index is 12.6. The molecule has 0 aliphatic carbocycles. The minimum absolute atomic E-state index is 0.0716. The highest BCUT2D eigenvalue weighted by atomic mass is 32.1. The Balaban J connectivity index is 1.33. The molecule has 6 nitrogen and oxygen atoms in total. The second-order valence-electron chi connectivity index (χ2n) is 7.22. The fourth-order valence-corrected chi connectivity index (χ4v) is 4.61. The van der Waals surface area contributed by atoms with Crippen LogP contribution in [0.3, 0.4) is 0 Å². The van der Waals surface area contributed by atoms with Crippen molar-refractivity contribution in [3.63, 3.8) is 0 Å². The van der Waals surface area contributed by atoms with Crippen molar-refractivity contribution < 1.29 is 4.79 Å². The van der Waals surface area contributed by atoms with Gasteiger partial charge in [0.05, 0.1) is 22.5 Å². The second kappa shape index (κ2) is 7.85. The fourth-order valence-electron chi connectivity index (χ4n) is 3.60. The van der Waals surface area contributed by atoms with Gasteiger partial charge in [-0.15, -0.1) is 11.3 Å². The molecule has 0 atom stereocenters. The zero-order valence-electron chi connectivity index (χ0n) is 16.6. The first-order valence-corrected chi connectivity index (χ1v) is 10.4. The average molecular weight is 396 g/mol. The Hall–Kier alpha value is -2.51. The van der Waals surface area contributed by atoms with Crippen LogP contribution in [0.15, 0.2) is 30.3 Å². The number of thiazole rings is 1. The molecule has 1 aliphatic rings. The zero-order valence-corrected chi connectivity index (χ0v) is 17.4. The van der Waals surface area contributed by atoms with Crippen LogP contribution in [0, 0.1) is 13.8 Å². The lowest BCUT2D eigenvalue weighted by Crippen LogP contribution is -2.47. The number of aryl methyl sites for hydroxylation is 2. The van der Waals surface area contributed by atoms with Gasteiger partial charge in [0.15, 0.2) is 0 Å². The molecule has 28 heavy (non-hydrogen) atoms. The summed E-state index contributed by atoms with van der Waals surface area (Å²) in [5, 5.41) is 5.54. The zero-order chi connectivity index (χ0) is 19.7. The minimum Gasteiger partial charge on any atom is -0.337 e. The molecule has 7 heteroatoms. The molecule has 0 spiro atoms. The van der Waals surface area contributed by atoms with Gasteiger partial charge in [-0.25, -0.2) is 4.98 Å². The molecule has 146 valence electrons. The molecule has 1 saturated heterocycles. The van der Waals surface area contributed by atoms with E-state index in [1.54, 1.807) is 17.4 Å². The monoisotopic (exact) mass is 395 g/mol. The van der Waals surface area contributed by atoms with E-state index >= 15 is 0 Å². The molecule has 1 fully saturated rings. The number of para-hydroxylation sites is 1. The number of rotatable bonds is 4. The van der Waals surface area contributed by atoms with Crippen LogP contribution in [0.5, 0.6) is 0 Å². The Morgan fingerprint density at radius 2 is 1.93 bits per heavy atom. The molecule has 1 aromatic carbocycles. The highest BCUT2D eigenvalue weighted by Crippen LogP contribution is 2.23. The maximum absolute atomic E-state index is 12.6. The van der Waals surface area contributed by atoms with Gasteiger partial charge in [0, 0.05) is 50.6 Å². The summed E-state index contributed by atoms with van der Waals surface area (Å²) in [5.41, 5.74) is 4.12. The van der Waals surface area contributed by atoms with Crippen molar-refractivity contribution in [2.24, 2.45) is 7.05 Å². The van der Waals surface area contributed by atoms with E-state index in [1.807, 2.05) is 42.6 Å². The van der Waals surface area contributed by atoms with Crippen LogP contribution in [-0.4, -0.2) is 56.7 Å². The standard InChI is InChI=1S/C21H25N5OS/c1-15-17(16(2)24(3)23-15)8-9-21(27)26-12-10-25(11-13-26)14-20-22-18-6-4-5-7-19(18)28-20/h4-9H,10-14H2,1-3H3/b9-8+. The van der Waals surface area contributed by atoms with Crippen molar-refractivity contribution in [2.75, 3.05) is 26.2 Å². The van der Waals surface area contributed by atoms with Crippen LogP contribution >= 0.6 is 11.3 Å². The number of piperazine rings is 1. The van der Waals surface area contributed by atoms with E-state index < -0.39 is 0 Å². The van der Waals surface area contributed by atoms with Gasteiger partial charge < -0.3 is 4.90 Å². The summed E-state index contributed by atoms with van der Waals surface area (Å²) < 4.78 is 3.08. The molecule has 0 radical (unpaired) electrons. The predicted octanol–water partition coefficient (Wildman–Crippen LogP) is 3.00. The minimum atomic E-state index is 0.0716. The number of benzene rings is 1. The number of hydrogen-bond acceptors (Lipinski definition) is 5. The van der Waals surface area contributed by atoms with Gasteiger partial charge in [-0.2, -0.15) is 5.10 Å². The number of amides is 1. The van der Waals surface area contributed by atoms with Crippen molar-refractivity contribution in [3.8, 4) is 0 Å². The van der Waals surface area contributed by atoms with Crippen LogP contribution in [-0.2, 0) is 18.4 Å². The van der Waals surface area contributed by atoms with E-state index in [-0.39, 0.29) is 5.91 Å². The highest BCUT2D eigenvalue weighted by Gasteiger charge is 2.21. The van der Waals surface area contributed by atoms with Gasteiger partial charge in [-0.3, -0.25) is 14.4 Å². The van der Waals surface area contributed by atoms with Crippen LogP contribution in [0.1, 0.15) is 22.0 Å². The van der Waals surface area contributed by atoms with Gasteiger partial charge in [-0.1, -0.05) is 12.1 Å². The lowest BCUT2D eigenvalue weighted by atomic mass is 10.2.